The van der Waals surface area contributed by atoms with Gasteiger partial charge >= 0.3 is 0 Å². The number of hydrogen-bond acceptors (Lipinski definition) is 4. The summed E-state index contributed by atoms with van der Waals surface area (Å²) < 4.78 is 44.4. The first-order valence-corrected chi connectivity index (χ1v) is 11.7. The Morgan fingerprint density at radius 1 is 1.29 bits per heavy atom. The molecule has 5 nitrogen and oxygen atoms in total. The number of anilines is 1. The monoisotopic (exact) mass is 471 g/mol. The number of aromatic nitrogens is 3. The Kier molecular flexibility index (Phi) is 6.98. The number of alkyl halides is 3. The molecule has 1 aliphatic heterocycles. The average Bonchev–Trinajstić information content (AvgIpc) is 3.15. The second kappa shape index (κ2) is 9.78. The van der Waals surface area contributed by atoms with E-state index in [2.05, 4.69) is 16.9 Å². The van der Waals surface area contributed by atoms with Crippen molar-refractivity contribution in [3.8, 4) is 5.69 Å². The van der Waals surface area contributed by atoms with Gasteiger partial charge in [-0.15, -0.1) is 0 Å². The largest absolute Gasteiger partial charge is 0.350 e. The third-order valence-corrected chi connectivity index (χ3v) is 6.50. The van der Waals surface area contributed by atoms with Crippen molar-refractivity contribution in [3.63, 3.8) is 0 Å². The summed E-state index contributed by atoms with van der Waals surface area (Å²) in [6.45, 7) is 10.0. The maximum absolute atomic E-state index is 14.8. The first kappa shape index (κ1) is 24.3. The molecule has 8 heteroatoms. The molecule has 1 saturated heterocycles. The van der Waals surface area contributed by atoms with Gasteiger partial charge in [0, 0.05) is 24.4 Å². The quantitative estimate of drug-likeness (QED) is 0.548. The normalized spacial score (nSPS) is 24.9. The zero-order valence-electron chi connectivity index (χ0n) is 19.9. The maximum Gasteiger partial charge on any atom is 0.280 e. The second-order valence-corrected chi connectivity index (χ2v) is 9.32. The van der Waals surface area contributed by atoms with Crippen molar-refractivity contribution < 1.29 is 13.2 Å². The minimum absolute atomic E-state index is 0.143. The summed E-state index contributed by atoms with van der Waals surface area (Å²) in [4.78, 5) is 6.07. The van der Waals surface area contributed by atoms with Gasteiger partial charge in [0.25, 0.3) is 5.92 Å². The number of pyridine rings is 1. The SMILES string of the molecule is C=C(C)/C(=C\C=C/C)c1nn(-c2ccc(N3CCC(NC4CC(F)C4)C(F)(F)C3)nc2)cc1C. The maximum atomic E-state index is 14.8. The van der Waals surface area contributed by atoms with Gasteiger partial charge in [-0.05, 0) is 63.3 Å². The topological polar surface area (TPSA) is 46.0 Å². The van der Waals surface area contributed by atoms with Crippen LogP contribution in [0.15, 0.2) is 54.9 Å². The van der Waals surface area contributed by atoms with E-state index in [1.165, 1.54) is 0 Å². The Labute approximate surface area is 199 Å². The molecule has 1 aliphatic carbocycles. The van der Waals surface area contributed by atoms with Crippen LogP contribution in [0, 0.1) is 6.92 Å². The molecule has 34 heavy (non-hydrogen) atoms. The van der Waals surface area contributed by atoms with Crippen molar-refractivity contribution in [2.75, 3.05) is 18.0 Å². The first-order valence-electron chi connectivity index (χ1n) is 11.7. The van der Waals surface area contributed by atoms with Gasteiger partial charge in [-0.1, -0.05) is 24.8 Å². The highest BCUT2D eigenvalue weighted by atomic mass is 19.3. The fourth-order valence-corrected chi connectivity index (χ4v) is 4.48. The van der Waals surface area contributed by atoms with Crippen LogP contribution in [0.4, 0.5) is 19.0 Å². The van der Waals surface area contributed by atoms with Gasteiger partial charge in [0.15, 0.2) is 0 Å². The van der Waals surface area contributed by atoms with E-state index in [4.69, 9.17) is 5.10 Å². The number of nitrogens with zero attached hydrogens (tertiary/aromatic N) is 4. The highest BCUT2D eigenvalue weighted by Gasteiger charge is 2.46. The molecule has 0 bridgehead atoms. The molecule has 1 unspecified atom stereocenters. The van der Waals surface area contributed by atoms with Crippen LogP contribution >= 0.6 is 0 Å². The summed E-state index contributed by atoms with van der Waals surface area (Å²) >= 11 is 0. The van der Waals surface area contributed by atoms with Gasteiger partial charge in [-0.2, -0.15) is 5.10 Å². The molecule has 3 heterocycles. The van der Waals surface area contributed by atoms with Crippen LogP contribution in [0.1, 0.15) is 44.4 Å². The predicted molar refractivity (Wildman–Crippen MR) is 130 cm³/mol. The smallest absolute Gasteiger partial charge is 0.280 e. The van der Waals surface area contributed by atoms with E-state index in [-0.39, 0.29) is 12.5 Å². The Morgan fingerprint density at radius 2 is 2.06 bits per heavy atom. The molecule has 0 spiro atoms. The van der Waals surface area contributed by atoms with Crippen molar-refractivity contribution in [3.05, 3.63) is 66.2 Å². The molecule has 2 fully saturated rings. The standard InChI is InChI=1S/C26H32F3N5/c1-5-6-7-22(17(2)3)25-18(4)15-34(32-25)21-8-9-24(30-14-21)33-11-10-23(26(28,29)16-33)31-20-12-19(27)13-20/h5-9,14-15,19-20,23,31H,2,10-13,16H2,1,3-4H3/b6-5-,22-7+. The van der Waals surface area contributed by atoms with Gasteiger partial charge in [0.05, 0.1) is 30.2 Å². The van der Waals surface area contributed by atoms with Gasteiger partial charge in [-0.3, -0.25) is 0 Å². The average molecular weight is 472 g/mol. The molecule has 0 aromatic carbocycles. The summed E-state index contributed by atoms with van der Waals surface area (Å²) in [5, 5.41) is 7.67. The first-order chi connectivity index (χ1) is 16.2. The number of allylic oxidation sites excluding steroid dienone is 5. The van der Waals surface area contributed by atoms with Gasteiger partial charge < -0.3 is 10.2 Å². The van der Waals surface area contributed by atoms with Crippen LogP contribution in [0.25, 0.3) is 11.3 Å². The van der Waals surface area contributed by atoms with E-state index in [1.54, 1.807) is 21.8 Å². The predicted octanol–water partition coefficient (Wildman–Crippen LogP) is 5.42. The molecule has 0 amide bonds. The third-order valence-electron chi connectivity index (χ3n) is 6.50. The Bertz CT molecular complexity index is 1080. The Hall–Kier alpha value is -2.87. The lowest BCUT2D eigenvalue weighted by molar-refractivity contribution is -0.0525. The van der Waals surface area contributed by atoms with Gasteiger partial charge in [0.2, 0.25) is 0 Å². The lowest BCUT2D eigenvalue weighted by atomic mass is 9.88. The van der Waals surface area contributed by atoms with Crippen LogP contribution < -0.4 is 10.2 Å². The molecular weight excluding hydrogens is 439 g/mol. The zero-order valence-corrected chi connectivity index (χ0v) is 19.9. The molecule has 2 aromatic heterocycles. The molecule has 1 atom stereocenters. The van der Waals surface area contributed by atoms with Crippen molar-refractivity contribution in [2.45, 2.75) is 64.2 Å². The Morgan fingerprint density at radius 3 is 2.65 bits per heavy atom. The van der Waals surface area contributed by atoms with Crippen molar-refractivity contribution >= 4 is 11.4 Å². The highest BCUT2D eigenvalue weighted by molar-refractivity contribution is 5.78. The number of aryl methyl sites for hydroxylation is 1. The van der Waals surface area contributed by atoms with E-state index < -0.39 is 24.7 Å². The number of halogens is 3. The van der Waals surface area contributed by atoms with Gasteiger partial charge in [-0.25, -0.2) is 22.8 Å². The van der Waals surface area contributed by atoms with E-state index in [1.807, 2.05) is 51.3 Å². The molecule has 0 radical (unpaired) electrons. The van der Waals surface area contributed by atoms with E-state index in [0.29, 0.717) is 25.2 Å². The zero-order chi connectivity index (χ0) is 24.5. The fraction of sp³-hybridized carbons (Fsp3) is 0.462. The van der Waals surface area contributed by atoms with Crippen LogP contribution in [0.5, 0.6) is 0 Å². The van der Waals surface area contributed by atoms with Gasteiger partial charge in [0.1, 0.15) is 12.0 Å². The van der Waals surface area contributed by atoms with Crippen LogP contribution in [0.3, 0.4) is 0 Å². The summed E-state index contributed by atoms with van der Waals surface area (Å²) in [5.41, 5.74) is 4.47. The van der Waals surface area contributed by atoms with Crippen molar-refractivity contribution in [1.82, 2.24) is 20.1 Å². The molecular formula is C26H32F3N5. The number of nitrogens with one attached hydrogen (secondary N) is 1. The van der Waals surface area contributed by atoms with Crippen molar-refractivity contribution in [2.24, 2.45) is 0 Å². The summed E-state index contributed by atoms with van der Waals surface area (Å²) in [6.07, 6.45) is 9.55. The van der Waals surface area contributed by atoms with E-state index in [9.17, 15) is 13.2 Å². The van der Waals surface area contributed by atoms with Crippen molar-refractivity contribution in [1.29, 1.82) is 0 Å². The minimum Gasteiger partial charge on any atom is -0.350 e. The molecule has 2 aromatic rings. The summed E-state index contributed by atoms with van der Waals surface area (Å²) in [5.74, 6) is -2.40. The molecule has 1 N–H and O–H groups in total. The summed E-state index contributed by atoms with van der Waals surface area (Å²) in [6, 6.07) is 2.53. The molecule has 1 saturated carbocycles. The minimum atomic E-state index is -2.91. The summed E-state index contributed by atoms with van der Waals surface area (Å²) in [7, 11) is 0. The van der Waals surface area contributed by atoms with Crippen LogP contribution in [-0.2, 0) is 0 Å². The highest BCUT2D eigenvalue weighted by Crippen LogP contribution is 2.33. The number of piperidine rings is 1. The third kappa shape index (κ3) is 5.12. The van der Waals surface area contributed by atoms with Crippen LogP contribution in [0.2, 0.25) is 0 Å². The second-order valence-electron chi connectivity index (χ2n) is 9.32. The van der Waals surface area contributed by atoms with E-state index >= 15 is 0 Å². The lowest BCUT2D eigenvalue weighted by Gasteiger charge is -2.42. The molecule has 182 valence electrons. The molecule has 2 aliphatic rings. The number of rotatable bonds is 7. The molecule has 4 rings (SSSR count). The lowest BCUT2D eigenvalue weighted by Crippen LogP contribution is -2.61. The van der Waals surface area contributed by atoms with Crippen LogP contribution in [-0.4, -0.2) is 52.0 Å². The fourth-order valence-electron chi connectivity index (χ4n) is 4.48. The number of hydrogen-bond donors (Lipinski definition) is 1. The Balaban J connectivity index is 1.46. The van der Waals surface area contributed by atoms with E-state index in [0.717, 1.165) is 28.1 Å².